The normalized spacial score (nSPS) is 14.2. The largest absolute Gasteiger partial charge is 0.387 e. The van der Waals surface area contributed by atoms with Gasteiger partial charge in [-0.05, 0) is 18.3 Å². The van der Waals surface area contributed by atoms with Gasteiger partial charge in [0.15, 0.2) is 0 Å². The van der Waals surface area contributed by atoms with Crippen LogP contribution in [-0.2, 0) is 6.54 Å². The first-order chi connectivity index (χ1) is 6.45. The number of H-pyrrole nitrogens is 1. The van der Waals surface area contributed by atoms with Gasteiger partial charge in [-0.3, -0.25) is 0 Å². The number of benzene rings is 1. The third-order valence-electron chi connectivity index (χ3n) is 2.49. The van der Waals surface area contributed by atoms with Crippen LogP contribution in [0.3, 0.4) is 0 Å². The van der Waals surface area contributed by atoms with Gasteiger partial charge in [0.25, 0.3) is 0 Å². The first-order valence-corrected chi connectivity index (χ1v) is 4.45. The fraction of sp³-hybridized carbons (Fsp3) is 0.0909. The van der Waals surface area contributed by atoms with Crippen LogP contribution in [0.5, 0.6) is 0 Å². The highest BCUT2D eigenvalue weighted by molar-refractivity contribution is 5.87. The van der Waals surface area contributed by atoms with Gasteiger partial charge in [-0.1, -0.05) is 18.2 Å². The van der Waals surface area contributed by atoms with E-state index >= 15 is 0 Å². The lowest BCUT2D eigenvalue weighted by Gasteiger charge is -2.06. The van der Waals surface area contributed by atoms with Crippen LogP contribution in [0.25, 0.3) is 17.0 Å². The highest BCUT2D eigenvalue weighted by Gasteiger charge is 2.09. The lowest BCUT2D eigenvalue weighted by Crippen LogP contribution is -2.08. The van der Waals surface area contributed by atoms with Crippen molar-refractivity contribution in [3.05, 3.63) is 41.7 Å². The first-order valence-electron chi connectivity index (χ1n) is 4.45. The SMILES string of the molecule is C1=Cc2[nH]c3ccccc3c2CN1. The number of fused-ring (bicyclic) bond motifs is 3. The molecule has 1 aliphatic rings. The molecule has 0 amide bonds. The molecular formula is C11H10N2. The summed E-state index contributed by atoms with van der Waals surface area (Å²) < 4.78 is 0. The molecule has 2 aromatic rings. The summed E-state index contributed by atoms with van der Waals surface area (Å²) in [6.07, 6.45) is 4.07. The maximum absolute atomic E-state index is 3.39. The van der Waals surface area contributed by atoms with Gasteiger partial charge >= 0.3 is 0 Å². The summed E-state index contributed by atoms with van der Waals surface area (Å²) in [6, 6.07) is 8.41. The smallest absolute Gasteiger partial charge is 0.0462 e. The number of hydrogen-bond donors (Lipinski definition) is 2. The lowest BCUT2D eigenvalue weighted by atomic mass is 10.1. The van der Waals surface area contributed by atoms with Gasteiger partial charge in [0.2, 0.25) is 0 Å². The third kappa shape index (κ3) is 0.886. The lowest BCUT2D eigenvalue weighted by molar-refractivity contribution is 0.864. The van der Waals surface area contributed by atoms with Crippen LogP contribution in [-0.4, -0.2) is 4.98 Å². The molecule has 13 heavy (non-hydrogen) atoms. The van der Waals surface area contributed by atoms with E-state index in [0.717, 1.165) is 6.54 Å². The molecule has 1 aliphatic heterocycles. The zero-order valence-corrected chi connectivity index (χ0v) is 7.17. The average molecular weight is 170 g/mol. The maximum atomic E-state index is 3.39. The van der Waals surface area contributed by atoms with Crippen LogP contribution in [0, 0.1) is 0 Å². The molecule has 0 radical (unpaired) electrons. The van der Waals surface area contributed by atoms with E-state index in [1.165, 1.54) is 22.2 Å². The highest BCUT2D eigenvalue weighted by Crippen LogP contribution is 2.24. The molecule has 3 rings (SSSR count). The minimum Gasteiger partial charge on any atom is -0.387 e. The van der Waals surface area contributed by atoms with E-state index in [2.05, 4.69) is 40.6 Å². The molecule has 0 saturated carbocycles. The van der Waals surface area contributed by atoms with E-state index in [9.17, 15) is 0 Å². The topological polar surface area (TPSA) is 27.8 Å². The Morgan fingerprint density at radius 1 is 1.15 bits per heavy atom. The second-order valence-corrected chi connectivity index (χ2v) is 3.28. The summed E-state index contributed by atoms with van der Waals surface area (Å²) in [7, 11) is 0. The third-order valence-corrected chi connectivity index (χ3v) is 2.49. The predicted octanol–water partition coefficient (Wildman–Crippen LogP) is 2.24. The molecule has 0 saturated heterocycles. The van der Waals surface area contributed by atoms with Crippen molar-refractivity contribution in [1.29, 1.82) is 0 Å². The molecular weight excluding hydrogens is 160 g/mol. The van der Waals surface area contributed by atoms with Gasteiger partial charge < -0.3 is 10.3 Å². The summed E-state index contributed by atoms with van der Waals surface area (Å²) in [5.74, 6) is 0. The Morgan fingerprint density at radius 2 is 2.08 bits per heavy atom. The van der Waals surface area contributed by atoms with Crippen molar-refractivity contribution in [2.75, 3.05) is 0 Å². The van der Waals surface area contributed by atoms with Crippen LogP contribution in [0.15, 0.2) is 30.5 Å². The van der Waals surface area contributed by atoms with E-state index < -0.39 is 0 Å². The Kier molecular flexibility index (Phi) is 1.25. The fourth-order valence-electron chi connectivity index (χ4n) is 1.86. The Balaban J connectivity index is 2.41. The predicted molar refractivity (Wildman–Crippen MR) is 54.2 cm³/mol. The number of rotatable bonds is 0. The molecule has 2 nitrogen and oxygen atoms in total. The molecule has 64 valence electrons. The molecule has 0 atom stereocenters. The van der Waals surface area contributed by atoms with Gasteiger partial charge in [0, 0.05) is 28.7 Å². The number of aromatic nitrogens is 1. The Morgan fingerprint density at radius 3 is 3.08 bits per heavy atom. The van der Waals surface area contributed by atoms with Crippen LogP contribution in [0.1, 0.15) is 11.3 Å². The summed E-state index contributed by atoms with van der Waals surface area (Å²) >= 11 is 0. The van der Waals surface area contributed by atoms with Crippen molar-refractivity contribution in [2.24, 2.45) is 0 Å². The molecule has 0 spiro atoms. The van der Waals surface area contributed by atoms with Crippen LogP contribution < -0.4 is 5.32 Å². The van der Waals surface area contributed by atoms with E-state index in [4.69, 9.17) is 0 Å². The Labute approximate surface area is 76.3 Å². The molecule has 0 bridgehead atoms. The molecule has 2 N–H and O–H groups in total. The number of hydrogen-bond acceptors (Lipinski definition) is 1. The second kappa shape index (κ2) is 2.39. The van der Waals surface area contributed by atoms with Crippen LogP contribution >= 0.6 is 0 Å². The van der Waals surface area contributed by atoms with Crippen molar-refractivity contribution in [3.8, 4) is 0 Å². The van der Waals surface area contributed by atoms with Gasteiger partial charge in [0.05, 0.1) is 0 Å². The van der Waals surface area contributed by atoms with E-state index in [0.29, 0.717) is 0 Å². The quantitative estimate of drug-likeness (QED) is 0.623. The van der Waals surface area contributed by atoms with E-state index in [1.54, 1.807) is 0 Å². The minimum atomic E-state index is 0.926. The van der Waals surface area contributed by atoms with E-state index in [-0.39, 0.29) is 0 Å². The summed E-state index contributed by atoms with van der Waals surface area (Å²) in [4.78, 5) is 3.39. The number of para-hydroxylation sites is 1. The van der Waals surface area contributed by atoms with Crippen molar-refractivity contribution >= 4 is 17.0 Å². The molecule has 2 heteroatoms. The van der Waals surface area contributed by atoms with Crippen molar-refractivity contribution in [3.63, 3.8) is 0 Å². The second-order valence-electron chi connectivity index (χ2n) is 3.28. The Hall–Kier alpha value is -1.70. The average Bonchev–Trinajstić information content (AvgIpc) is 2.56. The highest BCUT2D eigenvalue weighted by atomic mass is 14.9. The van der Waals surface area contributed by atoms with Crippen molar-refractivity contribution < 1.29 is 0 Å². The van der Waals surface area contributed by atoms with Gasteiger partial charge in [-0.15, -0.1) is 0 Å². The van der Waals surface area contributed by atoms with E-state index in [1.807, 2.05) is 6.20 Å². The van der Waals surface area contributed by atoms with Gasteiger partial charge in [-0.25, -0.2) is 0 Å². The molecule has 2 heterocycles. The molecule has 0 aliphatic carbocycles. The monoisotopic (exact) mass is 170 g/mol. The van der Waals surface area contributed by atoms with Gasteiger partial charge in [-0.2, -0.15) is 0 Å². The van der Waals surface area contributed by atoms with Crippen molar-refractivity contribution in [1.82, 2.24) is 10.3 Å². The van der Waals surface area contributed by atoms with Crippen LogP contribution in [0.4, 0.5) is 0 Å². The van der Waals surface area contributed by atoms with Crippen LogP contribution in [0.2, 0.25) is 0 Å². The summed E-state index contributed by atoms with van der Waals surface area (Å²) in [5, 5.41) is 4.55. The Bertz CT molecular complexity index is 480. The number of aromatic amines is 1. The van der Waals surface area contributed by atoms with Crippen molar-refractivity contribution in [2.45, 2.75) is 6.54 Å². The molecule has 0 fully saturated rings. The summed E-state index contributed by atoms with van der Waals surface area (Å²) in [6.45, 7) is 0.926. The summed E-state index contributed by atoms with van der Waals surface area (Å²) in [5.41, 5.74) is 3.83. The standard InChI is InChI=1S/C11H10N2/c1-2-4-10-8(3-1)9-7-12-6-5-11(9)13-10/h1-6,12-13H,7H2. The molecule has 0 unspecified atom stereocenters. The minimum absolute atomic E-state index is 0.926. The molecule has 1 aromatic carbocycles. The fourth-order valence-corrected chi connectivity index (χ4v) is 1.86. The first kappa shape index (κ1) is 6.78. The number of nitrogens with one attached hydrogen (secondary N) is 2. The molecule has 1 aromatic heterocycles. The van der Waals surface area contributed by atoms with Gasteiger partial charge in [0.1, 0.15) is 0 Å². The zero-order valence-electron chi connectivity index (χ0n) is 7.17. The zero-order chi connectivity index (χ0) is 8.67. The maximum Gasteiger partial charge on any atom is 0.0462 e.